The Morgan fingerprint density at radius 1 is 1.08 bits per heavy atom. The van der Waals surface area contributed by atoms with Crippen molar-refractivity contribution in [3.05, 3.63) is 47.7 Å². The highest BCUT2D eigenvalue weighted by atomic mass is 16.5. The van der Waals surface area contributed by atoms with E-state index in [1.165, 1.54) is 0 Å². The van der Waals surface area contributed by atoms with Gasteiger partial charge >= 0.3 is 0 Å². The molecule has 0 spiro atoms. The average molecular weight is 341 g/mol. The van der Waals surface area contributed by atoms with Gasteiger partial charge in [0.15, 0.2) is 5.82 Å². The van der Waals surface area contributed by atoms with Crippen molar-refractivity contribution in [2.75, 3.05) is 5.32 Å². The van der Waals surface area contributed by atoms with Crippen molar-refractivity contribution in [2.45, 2.75) is 39.2 Å². The number of nitrogens with one attached hydrogen (secondary N) is 2. The van der Waals surface area contributed by atoms with Crippen LogP contribution < -0.4 is 10.6 Å². The van der Waals surface area contributed by atoms with Crippen LogP contribution in [0, 0.1) is 18.8 Å². The van der Waals surface area contributed by atoms with E-state index in [1.54, 1.807) is 13.0 Å². The zero-order valence-electron chi connectivity index (χ0n) is 14.3. The van der Waals surface area contributed by atoms with Crippen LogP contribution in [0.5, 0.6) is 0 Å². The number of anilines is 1. The molecule has 6 nitrogen and oxygen atoms in total. The van der Waals surface area contributed by atoms with Gasteiger partial charge in [-0.25, -0.2) is 0 Å². The lowest BCUT2D eigenvalue weighted by atomic mass is 9.81. The number of aromatic nitrogens is 1. The van der Waals surface area contributed by atoms with Crippen molar-refractivity contribution < 1.29 is 14.1 Å². The van der Waals surface area contributed by atoms with Crippen LogP contribution in [0.2, 0.25) is 0 Å². The van der Waals surface area contributed by atoms with Gasteiger partial charge in [-0.1, -0.05) is 35.5 Å². The number of hydrogen-bond acceptors (Lipinski definition) is 4. The molecular formula is C19H23N3O3. The monoisotopic (exact) mass is 341 g/mol. The number of nitrogens with zero attached hydrogens (tertiary/aromatic N) is 1. The summed E-state index contributed by atoms with van der Waals surface area (Å²) in [6.45, 7) is 2.33. The van der Waals surface area contributed by atoms with Gasteiger partial charge in [0.1, 0.15) is 5.76 Å². The fraction of sp³-hybridized carbons (Fsp3) is 0.421. The molecule has 1 heterocycles. The zero-order valence-corrected chi connectivity index (χ0v) is 14.3. The first kappa shape index (κ1) is 17.2. The molecular weight excluding hydrogens is 318 g/mol. The second kappa shape index (κ2) is 7.96. The molecule has 2 amide bonds. The predicted molar refractivity (Wildman–Crippen MR) is 93.6 cm³/mol. The molecule has 0 aliphatic heterocycles. The van der Waals surface area contributed by atoms with Crippen LogP contribution in [-0.2, 0) is 16.1 Å². The summed E-state index contributed by atoms with van der Waals surface area (Å²) >= 11 is 0. The van der Waals surface area contributed by atoms with Gasteiger partial charge in [0.05, 0.1) is 0 Å². The van der Waals surface area contributed by atoms with Crippen LogP contribution in [0.1, 0.15) is 37.0 Å². The summed E-state index contributed by atoms with van der Waals surface area (Å²) in [6, 6.07) is 11.6. The molecule has 1 saturated carbocycles. The Morgan fingerprint density at radius 2 is 1.72 bits per heavy atom. The molecule has 1 aliphatic carbocycles. The summed E-state index contributed by atoms with van der Waals surface area (Å²) in [5.41, 5.74) is 1.09. The first-order valence-electron chi connectivity index (χ1n) is 8.67. The molecule has 6 heteroatoms. The minimum absolute atomic E-state index is 0.0120. The SMILES string of the molecule is Cc1cc(NC(=O)C2CCC(C(=O)NCc3ccccc3)CC2)no1. The Balaban J connectivity index is 1.43. The highest BCUT2D eigenvalue weighted by Gasteiger charge is 2.30. The van der Waals surface area contributed by atoms with E-state index in [0.29, 0.717) is 31.0 Å². The van der Waals surface area contributed by atoms with E-state index in [0.717, 1.165) is 18.4 Å². The van der Waals surface area contributed by atoms with Gasteiger partial charge in [-0.2, -0.15) is 0 Å². The number of rotatable bonds is 5. The maximum atomic E-state index is 12.3. The fourth-order valence-electron chi connectivity index (χ4n) is 3.20. The van der Waals surface area contributed by atoms with Crippen molar-refractivity contribution in [3.8, 4) is 0 Å². The summed E-state index contributed by atoms with van der Waals surface area (Å²) < 4.78 is 4.95. The largest absolute Gasteiger partial charge is 0.360 e. The Kier molecular flexibility index (Phi) is 5.48. The number of aryl methyl sites for hydroxylation is 1. The Labute approximate surface area is 147 Å². The summed E-state index contributed by atoms with van der Waals surface area (Å²) in [5.74, 6) is 1.06. The molecule has 0 saturated heterocycles. The van der Waals surface area contributed by atoms with E-state index in [9.17, 15) is 9.59 Å². The second-order valence-electron chi connectivity index (χ2n) is 6.56. The minimum atomic E-state index is -0.0739. The van der Waals surface area contributed by atoms with Gasteiger partial charge in [-0.15, -0.1) is 0 Å². The molecule has 1 aromatic heterocycles. The Bertz CT molecular complexity index is 719. The van der Waals surface area contributed by atoms with E-state index < -0.39 is 0 Å². The number of hydrogen-bond donors (Lipinski definition) is 2. The van der Waals surface area contributed by atoms with Crippen LogP contribution in [0.3, 0.4) is 0 Å². The summed E-state index contributed by atoms with van der Waals surface area (Å²) in [5, 5.41) is 9.55. The molecule has 1 aliphatic rings. The van der Waals surface area contributed by atoms with Gasteiger partial charge in [0.25, 0.3) is 0 Å². The lowest BCUT2D eigenvalue weighted by Crippen LogP contribution is -2.35. The van der Waals surface area contributed by atoms with Gasteiger partial charge in [-0.3, -0.25) is 9.59 Å². The van der Waals surface area contributed by atoms with Crippen molar-refractivity contribution >= 4 is 17.6 Å². The zero-order chi connectivity index (χ0) is 17.6. The third-order valence-electron chi connectivity index (χ3n) is 4.66. The predicted octanol–water partition coefficient (Wildman–Crippen LogP) is 3.04. The number of benzene rings is 1. The van der Waals surface area contributed by atoms with E-state index in [4.69, 9.17) is 4.52 Å². The molecule has 0 bridgehead atoms. The molecule has 1 aromatic carbocycles. The van der Waals surface area contributed by atoms with Crippen molar-refractivity contribution in [3.63, 3.8) is 0 Å². The molecule has 0 radical (unpaired) electrons. The second-order valence-corrected chi connectivity index (χ2v) is 6.56. The van der Waals surface area contributed by atoms with Crippen molar-refractivity contribution in [1.82, 2.24) is 10.5 Å². The summed E-state index contributed by atoms with van der Waals surface area (Å²) in [6.07, 6.45) is 2.89. The number of amides is 2. The topological polar surface area (TPSA) is 84.2 Å². The number of carbonyl (C=O) groups excluding carboxylic acids is 2. The molecule has 2 aromatic rings. The number of carbonyl (C=O) groups is 2. The molecule has 2 N–H and O–H groups in total. The van der Waals surface area contributed by atoms with E-state index >= 15 is 0 Å². The van der Waals surface area contributed by atoms with E-state index in [-0.39, 0.29) is 23.7 Å². The lowest BCUT2D eigenvalue weighted by Gasteiger charge is -2.26. The average Bonchev–Trinajstić information content (AvgIpc) is 3.05. The Morgan fingerprint density at radius 3 is 2.32 bits per heavy atom. The third-order valence-corrected chi connectivity index (χ3v) is 4.66. The summed E-state index contributed by atoms with van der Waals surface area (Å²) in [4.78, 5) is 24.6. The van der Waals surface area contributed by atoms with Gasteiger partial charge in [0, 0.05) is 24.4 Å². The van der Waals surface area contributed by atoms with Gasteiger partial charge in [-0.05, 0) is 38.2 Å². The van der Waals surface area contributed by atoms with Gasteiger partial charge < -0.3 is 15.2 Å². The maximum absolute atomic E-state index is 12.3. The highest BCUT2D eigenvalue weighted by molar-refractivity contribution is 5.91. The normalized spacial score (nSPS) is 20.0. The summed E-state index contributed by atoms with van der Waals surface area (Å²) in [7, 11) is 0. The van der Waals surface area contributed by atoms with Crippen molar-refractivity contribution in [1.29, 1.82) is 0 Å². The van der Waals surface area contributed by atoms with Gasteiger partial charge in [0.2, 0.25) is 11.8 Å². The highest BCUT2D eigenvalue weighted by Crippen LogP contribution is 2.30. The molecule has 132 valence electrons. The first-order valence-corrected chi connectivity index (χ1v) is 8.67. The molecule has 25 heavy (non-hydrogen) atoms. The molecule has 1 fully saturated rings. The minimum Gasteiger partial charge on any atom is -0.360 e. The standard InChI is InChI=1S/C19H23N3O3/c1-13-11-17(22-25-13)21-19(24)16-9-7-15(8-10-16)18(23)20-12-14-5-3-2-4-6-14/h2-6,11,15-16H,7-10,12H2,1H3,(H,20,23)(H,21,22,24). The van der Waals surface area contributed by atoms with Crippen LogP contribution >= 0.6 is 0 Å². The van der Waals surface area contributed by atoms with E-state index in [1.807, 2.05) is 30.3 Å². The Hall–Kier alpha value is -2.63. The maximum Gasteiger partial charge on any atom is 0.228 e. The smallest absolute Gasteiger partial charge is 0.228 e. The lowest BCUT2D eigenvalue weighted by molar-refractivity contribution is -0.128. The van der Waals surface area contributed by atoms with E-state index in [2.05, 4.69) is 15.8 Å². The van der Waals surface area contributed by atoms with Crippen LogP contribution in [0.25, 0.3) is 0 Å². The first-order chi connectivity index (χ1) is 12.1. The molecule has 3 rings (SSSR count). The quantitative estimate of drug-likeness (QED) is 0.875. The van der Waals surface area contributed by atoms with Crippen LogP contribution in [0.4, 0.5) is 5.82 Å². The third kappa shape index (κ3) is 4.68. The van der Waals surface area contributed by atoms with Crippen LogP contribution in [0.15, 0.2) is 40.9 Å². The van der Waals surface area contributed by atoms with Crippen LogP contribution in [-0.4, -0.2) is 17.0 Å². The molecule has 0 atom stereocenters. The fourth-order valence-corrected chi connectivity index (χ4v) is 3.20. The van der Waals surface area contributed by atoms with Crippen molar-refractivity contribution in [2.24, 2.45) is 11.8 Å². The molecule has 0 unspecified atom stereocenters.